The Labute approximate surface area is 103 Å². The van der Waals surface area contributed by atoms with Crippen LogP contribution in [0, 0.1) is 0 Å². The quantitative estimate of drug-likeness (QED) is 0.630. The lowest BCUT2D eigenvalue weighted by Gasteiger charge is -2.44. The fraction of sp³-hybridized carbons (Fsp3) is 0.500. The van der Waals surface area contributed by atoms with Gasteiger partial charge in [0.05, 0.1) is 0 Å². The number of carbonyl (C=O) groups excluding carboxylic acids is 1. The molecule has 3 heteroatoms. The van der Waals surface area contributed by atoms with Gasteiger partial charge in [0, 0.05) is 12.0 Å². The van der Waals surface area contributed by atoms with Crippen molar-refractivity contribution in [3.05, 3.63) is 35.4 Å². The average Bonchev–Trinajstić information content (AvgIpc) is 2.38. The van der Waals surface area contributed by atoms with Crippen LogP contribution in [0.3, 0.4) is 0 Å². The minimum absolute atomic E-state index is 0.209. The smallest absolute Gasteiger partial charge is 0.182 e. The molecule has 86 valence electrons. The Morgan fingerprint density at radius 2 is 1.82 bits per heavy atom. The van der Waals surface area contributed by atoms with Crippen molar-refractivity contribution in [2.45, 2.75) is 31.1 Å². The molecule has 1 aromatic carbocycles. The van der Waals surface area contributed by atoms with Crippen LogP contribution in [0.25, 0.3) is 0 Å². The van der Waals surface area contributed by atoms with E-state index in [-0.39, 0.29) is 5.41 Å². The molecule has 0 bridgehead atoms. The zero-order valence-electron chi connectivity index (χ0n) is 9.98. The third-order valence-electron chi connectivity index (χ3n) is 4.38. The maximum Gasteiger partial charge on any atom is 0.182 e. The molecule has 2 aliphatic rings. The standard InChI is InChI=1S/C14H16BNO/c15-16-9-7-14(8-10-16)6-5-13(17)11-3-1-2-4-12(11)14/h1-4H,5-10H2. The fourth-order valence-electron chi connectivity index (χ4n) is 3.28. The van der Waals surface area contributed by atoms with Gasteiger partial charge in [-0.15, -0.1) is 0 Å². The Morgan fingerprint density at radius 3 is 2.59 bits per heavy atom. The Morgan fingerprint density at radius 1 is 1.12 bits per heavy atom. The molecule has 1 aliphatic heterocycles. The molecule has 1 aliphatic carbocycles. The van der Waals surface area contributed by atoms with Crippen molar-refractivity contribution < 1.29 is 4.79 Å². The first-order chi connectivity index (χ1) is 8.21. The molecule has 0 amide bonds. The van der Waals surface area contributed by atoms with E-state index in [0.717, 1.165) is 37.9 Å². The van der Waals surface area contributed by atoms with Gasteiger partial charge in [0.2, 0.25) is 0 Å². The van der Waals surface area contributed by atoms with Gasteiger partial charge < -0.3 is 4.81 Å². The van der Waals surface area contributed by atoms with Gasteiger partial charge in [-0.1, -0.05) is 24.3 Å². The summed E-state index contributed by atoms with van der Waals surface area (Å²) in [5, 5.41) is 0. The van der Waals surface area contributed by atoms with E-state index in [4.69, 9.17) is 7.98 Å². The van der Waals surface area contributed by atoms with Gasteiger partial charge in [-0.05, 0) is 43.3 Å². The van der Waals surface area contributed by atoms with Crippen LogP contribution >= 0.6 is 0 Å². The highest BCUT2D eigenvalue weighted by molar-refractivity contribution is 6.04. The Hall–Kier alpha value is -1.09. The van der Waals surface area contributed by atoms with Gasteiger partial charge in [0.25, 0.3) is 0 Å². The summed E-state index contributed by atoms with van der Waals surface area (Å²) in [6.45, 7) is 1.87. The highest BCUT2D eigenvalue weighted by Crippen LogP contribution is 2.44. The number of piperidine rings is 1. The van der Waals surface area contributed by atoms with E-state index in [2.05, 4.69) is 6.07 Å². The van der Waals surface area contributed by atoms with Crippen molar-refractivity contribution in [2.75, 3.05) is 13.1 Å². The number of rotatable bonds is 0. The molecule has 1 fully saturated rings. The van der Waals surface area contributed by atoms with Crippen molar-refractivity contribution in [3.8, 4) is 0 Å². The van der Waals surface area contributed by atoms with E-state index in [0.29, 0.717) is 12.2 Å². The number of hydrogen-bond acceptors (Lipinski definition) is 2. The number of ketones is 1. The van der Waals surface area contributed by atoms with Crippen LogP contribution in [0.5, 0.6) is 0 Å². The molecule has 0 unspecified atom stereocenters. The van der Waals surface area contributed by atoms with Crippen LogP contribution in [-0.2, 0) is 5.41 Å². The highest BCUT2D eigenvalue weighted by atomic mass is 16.1. The lowest BCUT2D eigenvalue weighted by molar-refractivity contribution is 0.0932. The summed E-state index contributed by atoms with van der Waals surface area (Å²) in [4.78, 5) is 13.8. The molecule has 2 nitrogen and oxygen atoms in total. The molecule has 0 saturated carbocycles. The van der Waals surface area contributed by atoms with E-state index in [1.54, 1.807) is 0 Å². The second-order valence-corrected chi connectivity index (χ2v) is 5.29. The van der Waals surface area contributed by atoms with E-state index >= 15 is 0 Å². The van der Waals surface area contributed by atoms with Crippen molar-refractivity contribution in [2.24, 2.45) is 0 Å². The minimum atomic E-state index is 0.209. The van der Waals surface area contributed by atoms with Crippen LogP contribution in [0.2, 0.25) is 0 Å². The fourth-order valence-corrected chi connectivity index (χ4v) is 3.28. The molecule has 1 aromatic rings. The first-order valence-electron chi connectivity index (χ1n) is 6.34. The molecule has 0 atom stereocenters. The summed E-state index contributed by atoms with van der Waals surface area (Å²) in [5.74, 6) is 0.307. The number of Topliss-reactive ketones (excluding diaryl/α,β-unsaturated/α-hetero) is 1. The second-order valence-electron chi connectivity index (χ2n) is 5.29. The number of fused-ring (bicyclic) bond motifs is 2. The van der Waals surface area contributed by atoms with E-state index in [1.165, 1.54) is 5.56 Å². The molecule has 0 N–H and O–H groups in total. The zero-order valence-corrected chi connectivity index (χ0v) is 9.98. The van der Waals surface area contributed by atoms with Crippen LogP contribution in [-0.4, -0.2) is 31.7 Å². The lowest BCUT2D eigenvalue weighted by Crippen LogP contribution is -2.44. The first kappa shape index (κ1) is 11.0. The van der Waals surface area contributed by atoms with E-state index < -0.39 is 0 Å². The van der Waals surface area contributed by atoms with Crippen molar-refractivity contribution >= 4 is 13.8 Å². The van der Waals surface area contributed by atoms with E-state index in [1.807, 2.05) is 23.0 Å². The third kappa shape index (κ3) is 1.73. The Bertz CT molecular complexity index is 449. The largest absolute Gasteiger partial charge is 0.353 e. The molecular weight excluding hydrogens is 209 g/mol. The predicted octanol–water partition coefficient (Wildman–Crippen LogP) is 2.08. The number of benzene rings is 1. The molecule has 1 heterocycles. The summed E-state index contributed by atoms with van der Waals surface area (Å²) in [6.07, 6.45) is 3.85. The zero-order chi connectivity index (χ0) is 11.9. The molecule has 17 heavy (non-hydrogen) atoms. The van der Waals surface area contributed by atoms with Gasteiger partial charge in [0.15, 0.2) is 13.8 Å². The normalized spacial score (nSPS) is 23.6. The molecule has 2 radical (unpaired) electrons. The van der Waals surface area contributed by atoms with Crippen LogP contribution in [0.1, 0.15) is 41.6 Å². The van der Waals surface area contributed by atoms with Crippen molar-refractivity contribution in [3.63, 3.8) is 0 Å². The molecule has 1 spiro atoms. The Kier molecular flexibility index (Phi) is 2.59. The molecule has 3 rings (SSSR count). The van der Waals surface area contributed by atoms with Gasteiger partial charge in [-0.2, -0.15) is 0 Å². The van der Waals surface area contributed by atoms with Crippen molar-refractivity contribution in [1.29, 1.82) is 0 Å². The van der Waals surface area contributed by atoms with Crippen LogP contribution in [0.15, 0.2) is 24.3 Å². The minimum Gasteiger partial charge on any atom is -0.353 e. The average molecular weight is 225 g/mol. The SMILES string of the molecule is [B]N1CCC2(CCC(=O)c3ccccc32)CC1. The monoisotopic (exact) mass is 225 g/mol. The molecular formula is C14H16BNO. The van der Waals surface area contributed by atoms with Gasteiger partial charge >= 0.3 is 0 Å². The highest BCUT2D eigenvalue weighted by Gasteiger charge is 2.40. The summed E-state index contributed by atoms with van der Waals surface area (Å²) in [6, 6.07) is 8.13. The predicted molar refractivity (Wildman–Crippen MR) is 68.2 cm³/mol. The maximum atomic E-state index is 11.9. The number of nitrogens with zero attached hydrogens (tertiary/aromatic N) is 1. The third-order valence-corrected chi connectivity index (χ3v) is 4.38. The van der Waals surface area contributed by atoms with Crippen molar-refractivity contribution in [1.82, 2.24) is 4.81 Å². The summed E-state index contributed by atoms with van der Waals surface area (Å²) in [7, 11) is 5.84. The topological polar surface area (TPSA) is 20.3 Å². The summed E-state index contributed by atoms with van der Waals surface area (Å²) >= 11 is 0. The van der Waals surface area contributed by atoms with Gasteiger partial charge in [-0.3, -0.25) is 4.79 Å². The van der Waals surface area contributed by atoms with Crippen LogP contribution in [0.4, 0.5) is 0 Å². The molecule has 0 aromatic heterocycles. The van der Waals surface area contributed by atoms with Gasteiger partial charge in [-0.25, -0.2) is 0 Å². The van der Waals surface area contributed by atoms with E-state index in [9.17, 15) is 4.79 Å². The van der Waals surface area contributed by atoms with Gasteiger partial charge in [0.1, 0.15) is 0 Å². The lowest BCUT2D eigenvalue weighted by atomic mass is 9.64. The first-order valence-corrected chi connectivity index (χ1v) is 6.34. The Balaban J connectivity index is 2.03. The second kappa shape index (κ2) is 3.99. The summed E-state index contributed by atoms with van der Waals surface area (Å²) < 4.78 is 0. The molecule has 1 saturated heterocycles. The summed E-state index contributed by atoms with van der Waals surface area (Å²) in [5.41, 5.74) is 2.42. The maximum absolute atomic E-state index is 11.9. The van der Waals surface area contributed by atoms with Crippen LogP contribution < -0.4 is 0 Å². The number of hydrogen-bond donors (Lipinski definition) is 0. The number of carbonyl (C=O) groups is 1.